The van der Waals surface area contributed by atoms with Gasteiger partial charge in [-0.3, -0.25) is 4.79 Å². The van der Waals surface area contributed by atoms with Gasteiger partial charge in [0.25, 0.3) is 5.91 Å². The van der Waals surface area contributed by atoms with Gasteiger partial charge in [0.2, 0.25) is 0 Å². The number of methoxy groups -OCH3 is 1. The summed E-state index contributed by atoms with van der Waals surface area (Å²) in [5.41, 5.74) is 0.906. The van der Waals surface area contributed by atoms with E-state index in [9.17, 15) is 15.0 Å². The summed E-state index contributed by atoms with van der Waals surface area (Å²) in [6, 6.07) is 8.26. The Balaban J connectivity index is 1.86. The third-order valence-electron chi connectivity index (χ3n) is 3.07. The molecule has 1 aromatic heterocycles. The molecule has 7 heteroatoms. The molecule has 1 aromatic carbocycles. The number of nitrogens with one attached hydrogen (secondary N) is 1. The van der Waals surface area contributed by atoms with Gasteiger partial charge in [0.05, 0.1) is 11.4 Å². The molecule has 0 radical (unpaired) electrons. The Hall–Kier alpha value is -1.76. The number of carbonyl (C=O) groups excluding carboxylic acids is 1. The Morgan fingerprint density at radius 2 is 2.18 bits per heavy atom. The second kappa shape index (κ2) is 7.49. The minimum Gasteiger partial charge on any atom is -0.504 e. The lowest BCUT2D eigenvalue weighted by atomic mass is 10.1. The molecule has 2 rings (SSSR count). The number of carbonyl (C=O) groups is 1. The van der Waals surface area contributed by atoms with Crippen LogP contribution in [-0.2, 0) is 11.2 Å². The number of amides is 1. The van der Waals surface area contributed by atoms with Crippen molar-refractivity contribution in [2.24, 2.45) is 0 Å². The van der Waals surface area contributed by atoms with Crippen molar-refractivity contribution in [3.05, 3.63) is 45.1 Å². The highest BCUT2D eigenvalue weighted by molar-refractivity contribution is 7.16. The molecule has 1 atom stereocenters. The average molecular weight is 342 g/mol. The highest BCUT2D eigenvalue weighted by Gasteiger charge is 2.18. The number of rotatable bonds is 6. The minimum atomic E-state index is -1.22. The van der Waals surface area contributed by atoms with Crippen LogP contribution in [-0.4, -0.2) is 29.8 Å². The third-order valence-corrected chi connectivity index (χ3v) is 4.35. The predicted molar refractivity (Wildman–Crippen MR) is 85.7 cm³/mol. The standard InChI is InChI=1S/C15H16ClNO4S/c1-21-11-8-9(2-3-10(11)18)6-7-17-15(20)14(19)12-4-5-13(16)22-12/h2-5,8,14,18-19H,6-7H2,1H3,(H,17,20)/t14-/m1/s1. The van der Waals surface area contributed by atoms with Crippen molar-refractivity contribution in [1.29, 1.82) is 0 Å². The molecule has 0 bridgehead atoms. The second-order valence-electron chi connectivity index (χ2n) is 4.59. The normalized spacial score (nSPS) is 12.0. The smallest absolute Gasteiger partial charge is 0.254 e. The molecule has 0 aliphatic rings. The Morgan fingerprint density at radius 1 is 1.41 bits per heavy atom. The Morgan fingerprint density at radius 3 is 2.82 bits per heavy atom. The molecule has 1 amide bonds. The van der Waals surface area contributed by atoms with Crippen LogP contribution in [0.5, 0.6) is 11.5 Å². The number of benzene rings is 1. The Labute approximate surface area is 137 Å². The van der Waals surface area contributed by atoms with E-state index in [4.69, 9.17) is 16.3 Å². The van der Waals surface area contributed by atoms with Crippen LogP contribution in [0.2, 0.25) is 4.34 Å². The summed E-state index contributed by atoms with van der Waals surface area (Å²) >= 11 is 6.95. The maximum atomic E-state index is 11.9. The first kappa shape index (κ1) is 16.6. The molecule has 0 saturated carbocycles. The topological polar surface area (TPSA) is 78.8 Å². The summed E-state index contributed by atoms with van der Waals surface area (Å²) in [5, 5.41) is 22.1. The van der Waals surface area contributed by atoms with Gasteiger partial charge in [-0.2, -0.15) is 0 Å². The number of phenols is 1. The van der Waals surface area contributed by atoms with Crippen molar-refractivity contribution in [2.45, 2.75) is 12.5 Å². The highest BCUT2D eigenvalue weighted by Crippen LogP contribution is 2.27. The van der Waals surface area contributed by atoms with Gasteiger partial charge in [0.1, 0.15) is 0 Å². The molecule has 0 aliphatic heterocycles. The van der Waals surface area contributed by atoms with Crippen molar-refractivity contribution < 1.29 is 19.7 Å². The average Bonchev–Trinajstić information content (AvgIpc) is 2.94. The van der Waals surface area contributed by atoms with Crippen molar-refractivity contribution in [2.75, 3.05) is 13.7 Å². The van der Waals surface area contributed by atoms with E-state index in [1.807, 2.05) is 0 Å². The summed E-state index contributed by atoms with van der Waals surface area (Å²) < 4.78 is 5.55. The molecule has 5 nitrogen and oxygen atoms in total. The van der Waals surface area contributed by atoms with Gasteiger partial charge in [-0.25, -0.2) is 0 Å². The SMILES string of the molecule is COc1cc(CCNC(=O)[C@H](O)c2ccc(Cl)s2)ccc1O. The summed E-state index contributed by atoms with van der Waals surface area (Å²) in [7, 11) is 1.48. The molecule has 0 spiro atoms. The number of hydrogen-bond donors (Lipinski definition) is 3. The van der Waals surface area contributed by atoms with E-state index in [-0.39, 0.29) is 5.75 Å². The summed E-state index contributed by atoms with van der Waals surface area (Å²) in [6.07, 6.45) is -0.660. The van der Waals surface area contributed by atoms with Crippen molar-refractivity contribution in [3.8, 4) is 11.5 Å². The largest absolute Gasteiger partial charge is 0.504 e. The molecule has 22 heavy (non-hydrogen) atoms. The lowest BCUT2D eigenvalue weighted by Crippen LogP contribution is -2.30. The van der Waals surface area contributed by atoms with Crippen LogP contribution >= 0.6 is 22.9 Å². The molecular weight excluding hydrogens is 326 g/mol. The van der Waals surface area contributed by atoms with Crippen LogP contribution in [0.15, 0.2) is 30.3 Å². The molecular formula is C15H16ClNO4S. The number of ether oxygens (including phenoxy) is 1. The number of aliphatic hydroxyl groups excluding tert-OH is 1. The number of aliphatic hydroxyl groups is 1. The van der Waals surface area contributed by atoms with E-state index in [0.717, 1.165) is 5.56 Å². The van der Waals surface area contributed by atoms with E-state index in [1.165, 1.54) is 18.4 Å². The van der Waals surface area contributed by atoms with E-state index in [0.29, 0.717) is 27.9 Å². The van der Waals surface area contributed by atoms with E-state index >= 15 is 0 Å². The monoisotopic (exact) mass is 341 g/mol. The Bertz CT molecular complexity index is 659. The fourth-order valence-corrected chi connectivity index (χ4v) is 2.95. The highest BCUT2D eigenvalue weighted by atomic mass is 35.5. The van der Waals surface area contributed by atoms with Gasteiger partial charge in [0, 0.05) is 11.4 Å². The van der Waals surface area contributed by atoms with E-state index in [1.54, 1.807) is 30.3 Å². The van der Waals surface area contributed by atoms with Gasteiger partial charge >= 0.3 is 0 Å². The molecule has 0 aliphatic carbocycles. The van der Waals surface area contributed by atoms with Crippen LogP contribution < -0.4 is 10.1 Å². The first-order chi connectivity index (χ1) is 10.5. The van der Waals surface area contributed by atoms with Crippen molar-refractivity contribution >= 4 is 28.8 Å². The predicted octanol–water partition coefficient (Wildman–Crippen LogP) is 2.51. The first-order valence-corrected chi connectivity index (χ1v) is 7.77. The molecule has 3 N–H and O–H groups in total. The molecule has 0 saturated heterocycles. The maximum Gasteiger partial charge on any atom is 0.254 e. The van der Waals surface area contributed by atoms with Crippen LogP contribution in [0.4, 0.5) is 0 Å². The zero-order valence-electron chi connectivity index (χ0n) is 11.9. The summed E-state index contributed by atoms with van der Waals surface area (Å²) in [6.45, 7) is 0.364. The van der Waals surface area contributed by atoms with Crippen LogP contribution in [0.3, 0.4) is 0 Å². The van der Waals surface area contributed by atoms with Crippen LogP contribution in [0, 0.1) is 0 Å². The van der Waals surface area contributed by atoms with Gasteiger partial charge in [-0.1, -0.05) is 17.7 Å². The van der Waals surface area contributed by atoms with Gasteiger partial charge in [0.15, 0.2) is 17.6 Å². The quantitative estimate of drug-likeness (QED) is 0.754. The van der Waals surface area contributed by atoms with Crippen LogP contribution in [0.1, 0.15) is 16.5 Å². The minimum absolute atomic E-state index is 0.0697. The lowest BCUT2D eigenvalue weighted by molar-refractivity contribution is -0.129. The van der Waals surface area contributed by atoms with Crippen molar-refractivity contribution in [1.82, 2.24) is 5.32 Å². The third kappa shape index (κ3) is 4.13. The molecule has 2 aromatic rings. The second-order valence-corrected chi connectivity index (χ2v) is 6.34. The number of hydrogen-bond acceptors (Lipinski definition) is 5. The zero-order valence-corrected chi connectivity index (χ0v) is 13.4. The summed E-state index contributed by atoms with van der Waals surface area (Å²) in [5.74, 6) is -0.0124. The van der Waals surface area contributed by atoms with Crippen molar-refractivity contribution in [3.63, 3.8) is 0 Å². The fourth-order valence-electron chi connectivity index (χ4n) is 1.91. The maximum absolute atomic E-state index is 11.9. The molecule has 118 valence electrons. The first-order valence-electron chi connectivity index (χ1n) is 6.58. The Kier molecular flexibility index (Phi) is 5.65. The number of thiophene rings is 1. The van der Waals surface area contributed by atoms with Crippen LogP contribution in [0.25, 0.3) is 0 Å². The number of phenolic OH excluding ortho intramolecular Hbond substituents is 1. The summed E-state index contributed by atoms with van der Waals surface area (Å²) in [4.78, 5) is 12.4. The molecule has 0 fully saturated rings. The zero-order chi connectivity index (χ0) is 16.1. The van der Waals surface area contributed by atoms with Gasteiger partial charge in [-0.05, 0) is 36.2 Å². The van der Waals surface area contributed by atoms with Gasteiger partial charge in [-0.15, -0.1) is 11.3 Å². The molecule has 0 unspecified atom stereocenters. The van der Waals surface area contributed by atoms with Gasteiger partial charge < -0.3 is 20.3 Å². The lowest BCUT2D eigenvalue weighted by Gasteiger charge is -2.10. The fraction of sp³-hybridized carbons (Fsp3) is 0.267. The van der Waals surface area contributed by atoms with E-state index < -0.39 is 12.0 Å². The van der Waals surface area contributed by atoms with E-state index in [2.05, 4.69) is 5.32 Å². The number of aromatic hydroxyl groups is 1. The number of halogens is 1. The molecule has 1 heterocycles.